The minimum absolute atomic E-state index is 0.0780. The van der Waals surface area contributed by atoms with Crippen LogP contribution in [0.2, 0.25) is 0 Å². The van der Waals surface area contributed by atoms with E-state index in [-0.39, 0.29) is 12.5 Å². The Labute approximate surface area is 126 Å². The van der Waals surface area contributed by atoms with Crippen LogP contribution in [0.4, 0.5) is 0 Å². The molecule has 0 radical (unpaired) electrons. The lowest BCUT2D eigenvalue weighted by Crippen LogP contribution is -2.51. The van der Waals surface area contributed by atoms with Crippen LogP contribution in [-0.4, -0.2) is 35.9 Å². The summed E-state index contributed by atoms with van der Waals surface area (Å²) in [6.07, 6.45) is 2.46. The summed E-state index contributed by atoms with van der Waals surface area (Å²) in [6.45, 7) is 0.488. The highest BCUT2D eigenvalue weighted by Gasteiger charge is 2.30. The molecule has 5 nitrogen and oxygen atoms in total. The van der Waals surface area contributed by atoms with Crippen molar-refractivity contribution in [2.75, 3.05) is 13.2 Å². The molecule has 0 spiro atoms. The van der Waals surface area contributed by atoms with Crippen LogP contribution < -0.4 is 10.5 Å². The highest BCUT2D eigenvalue weighted by atomic mass is 79.9. The maximum Gasteiger partial charge on any atom is 0.261 e. The molecule has 108 valence electrons. The first-order valence-corrected chi connectivity index (χ1v) is 7.34. The molecule has 2 amide bonds. The van der Waals surface area contributed by atoms with Gasteiger partial charge in [-0.2, -0.15) is 0 Å². The van der Waals surface area contributed by atoms with Gasteiger partial charge in [-0.05, 0) is 43.5 Å². The SMILES string of the molecule is NC(=O)C1CCCCN1C(=O)COc1ccc(Br)cc1. The minimum Gasteiger partial charge on any atom is -0.484 e. The van der Waals surface area contributed by atoms with E-state index in [9.17, 15) is 9.59 Å². The van der Waals surface area contributed by atoms with E-state index in [4.69, 9.17) is 10.5 Å². The number of nitrogens with zero attached hydrogens (tertiary/aromatic N) is 1. The smallest absolute Gasteiger partial charge is 0.261 e. The molecule has 0 saturated carbocycles. The Balaban J connectivity index is 1.93. The molecule has 0 bridgehead atoms. The predicted molar refractivity (Wildman–Crippen MR) is 78.2 cm³/mol. The van der Waals surface area contributed by atoms with Gasteiger partial charge in [0.2, 0.25) is 5.91 Å². The number of halogens is 1. The molecule has 1 heterocycles. The maximum atomic E-state index is 12.1. The van der Waals surface area contributed by atoms with Gasteiger partial charge in [0.15, 0.2) is 6.61 Å². The fraction of sp³-hybridized carbons (Fsp3) is 0.429. The zero-order chi connectivity index (χ0) is 14.5. The summed E-state index contributed by atoms with van der Waals surface area (Å²) in [5, 5.41) is 0. The van der Waals surface area contributed by atoms with Crippen molar-refractivity contribution in [1.29, 1.82) is 0 Å². The first kappa shape index (κ1) is 14.8. The van der Waals surface area contributed by atoms with E-state index in [1.807, 2.05) is 12.1 Å². The van der Waals surface area contributed by atoms with Gasteiger partial charge in [-0.1, -0.05) is 15.9 Å². The number of carbonyl (C=O) groups is 2. The van der Waals surface area contributed by atoms with Gasteiger partial charge in [-0.3, -0.25) is 9.59 Å². The highest BCUT2D eigenvalue weighted by molar-refractivity contribution is 9.10. The topological polar surface area (TPSA) is 72.6 Å². The Kier molecular flexibility index (Phi) is 5.00. The van der Waals surface area contributed by atoms with Crippen molar-refractivity contribution < 1.29 is 14.3 Å². The molecule has 1 aromatic carbocycles. The Hall–Kier alpha value is -1.56. The van der Waals surface area contributed by atoms with Crippen molar-refractivity contribution in [3.8, 4) is 5.75 Å². The molecule has 1 aromatic rings. The third kappa shape index (κ3) is 3.72. The lowest BCUT2D eigenvalue weighted by atomic mass is 10.0. The second-order valence-corrected chi connectivity index (χ2v) is 5.66. The molecule has 20 heavy (non-hydrogen) atoms. The number of ether oxygens (including phenoxy) is 1. The molecule has 1 aliphatic rings. The Morgan fingerprint density at radius 3 is 2.65 bits per heavy atom. The Morgan fingerprint density at radius 1 is 1.30 bits per heavy atom. The molecule has 2 rings (SSSR count). The van der Waals surface area contributed by atoms with Crippen LogP contribution in [-0.2, 0) is 9.59 Å². The summed E-state index contributed by atoms with van der Waals surface area (Å²) >= 11 is 3.33. The molecule has 1 aliphatic heterocycles. The molecule has 1 atom stereocenters. The van der Waals surface area contributed by atoms with Crippen LogP contribution in [0.25, 0.3) is 0 Å². The average Bonchev–Trinajstić information content (AvgIpc) is 2.46. The summed E-state index contributed by atoms with van der Waals surface area (Å²) in [5.41, 5.74) is 5.34. The number of hydrogen-bond donors (Lipinski definition) is 1. The number of benzene rings is 1. The number of piperidine rings is 1. The average molecular weight is 341 g/mol. The number of amides is 2. The summed E-state index contributed by atoms with van der Waals surface area (Å²) in [7, 11) is 0. The minimum atomic E-state index is -0.496. The maximum absolute atomic E-state index is 12.1. The van der Waals surface area contributed by atoms with E-state index < -0.39 is 11.9 Å². The quantitative estimate of drug-likeness (QED) is 0.906. The third-order valence-electron chi connectivity index (χ3n) is 3.33. The summed E-state index contributed by atoms with van der Waals surface area (Å²) in [4.78, 5) is 25.0. The second-order valence-electron chi connectivity index (χ2n) is 4.74. The Morgan fingerprint density at radius 2 is 2.00 bits per heavy atom. The number of hydrogen-bond acceptors (Lipinski definition) is 3. The van der Waals surface area contributed by atoms with Gasteiger partial charge in [0.05, 0.1) is 0 Å². The number of rotatable bonds is 4. The molecule has 1 fully saturated rings. The number of nitrogens with two attached hydrogens (primary N) is 1. The van der Waals surface area contributed by atoms with Crippen molar-refractivity contribution in [1.82, 2.24) is 4.90 Å². The first-order valence-electron chi connectivity index (χ1n) is 6.55. The number of likely N-dealkylation sites (tertiary alicyclic amines) is 1. The van der Waals surface area contributed by atoms with Gasteiger partial charge in [0, 0.05) is 11.0 Å². The van der Waals surface area contributed by atoms with Crippen LogP contribution in [0.5, 0.6) is 5.75 Å². The number of primary amides is 1. The van der Waals surface area contributed by atoms with Crippen LogP contribution in [0.15, 0.2) is 28.7 Å². The molecule has 1 unspecified atom stereocenters. The van der Waals surface area contributed by atoms with Gasteiger partial charge in [-0.25, -0.2) is 0 Å². The van der Waals surface area contributed by atoms with E-state index in [0.29, 0.717) is 18.7 Å². The lowest BCUT2D eigenvalue weighted by molar-refractivity contribution is -0.142. The van der Waals surface area contributed by atoms with Crippen molar-refractivity contribution in [2.45, 2.75) is 25.3 Å². The van der Waals surface area contributed by atoms with Crippen molar-refractivity contribution in [2.24, 2.45) is 5.73 Å². The Bertz CT molecular complexity index is 490. The van der Waals surface area contributed by atoms with Crippen molar-refractivity contribution in [3.63, 3.8) is 0 Å². The fourth-order valence-electron chi connectivity index (χ4n) is 2.28. The second kappa shape index (κ2) is 6.74. The standard InChI is InChI=1S/C14H17BrN2O3/c15-10-4-6-11(7-5-10)20-9-13(18)17-8-2-1-3-12(17)14(16)19/h4-7,12H,1-3,8-9H2,(H2,16,19). The van der Waals surface area contributed by atoms with Crippen LogP contribution in [0.1, 0.15) is 19.3 Å². The summed E-state index contributed by atoms with van der Waals surface area (Å²) in [5.74, 6) is -0.0210. The molecule has 0 aromatic heterocycles. The molecule has 0 aliphatic carbocycles. The fourth-order valence-corrected chi connectivity index (χ4v) is 2.55. The number of carbonyl (C=O) groups excluding carboxylic acids is 2. The van der Waals surface area contributed by atoms with E-state index in [0.717, 1.165) is 17.3 Å². The first-order chi connectivity index (χ1) is 9.58. The van der Waals surface area contributed by atoms with Gasteiger partial charge < -0.3 is 15.4 Å². The monoisotopic (exact) mass is 340 g/mol. The van der Waals surface area contributed by atoms with Crippen molar-refractivity contribution in [3.05, 3.63) is 28.7 Å². The highest BCUT2D eigenvalue weighted by Crippen LogP contribution is 2.19. The van der Waals surface area contributed by atoms with Crippen LogP contribution in [0, 0.1) is 0 Å². The van der Waals surface area contributed by atoms with Crippen LogP contribution in [0.3, 0.4) is 0 Å². The molecular weight excluding hydrogens is 324 g/mol. The molecule has 2 N–H and O–H groups in total. The summed E-state index contributed by atoms with van der Waals surface area (Å²) < 4.78 is 6.39. The van der Waals surface area contributed by atoms with Gasteiger partial charge in [-0.15, -0.1) is 0 Å². The van der Waals surface area contributed by atoms with E-state index in [2.05, 4.69) is 15.9 Å². The van der Waals surface area contributed by atoms with E-state index in [1.54, 1.807) is 12.1 Å². The van der Waals surface area contributed by atoms with Gasteiger partial charge in [0.25, 0.3) is 5.91 Å². The van der Waals surface area contributed by atoms with Gasteiger partial charge >= 0.3 is 0 Å². The van der Waals surface area contributed by atoms with Crippen LogP contribution >= 0.6 is 15.9 Å². The normalized spacial score (nSPS) is 18.6. The van der Waals surface area contributed by atoms with E-state index in [1.165, 1.54) is 4.90 Å². The summed E-state index contributed by atoms with van der Waals surface area (Å²) in [6, 6.07) is 6.74. The molecule has 1 saturated heterocycles. The molecular formula is C14H17BrN2O3. The predicted octanol–water partition coefficient (Wildman–Crippen LogP) is 1.69. The third-order valence-corrected chi connectivity index (χ3v) is 3.86. The lowest BCUT2D eigenvalue weighted by Gasteiger charge is -2.33. The van der Waals surface area contributed by atoms with Gasteiger partial charge in [0.1, 0.15) is 11.8 Å². The largest absolute Gasteiger partial charge is 0.484 e. The van der Waals surface area contributed by atoms with E-state index >= 15 is 0 Å². The van der Waals surface area contributed by atoms with Crippen molar-refractivity contribution >= 4 is 27.7 Å². The molecule has 6 heteroatoms. The zero-order valence-corrected chi connectivity index (χ0v) is 12.6. The zero-order valence-electron chi connectivity index (χ0n) is 11.0.